The first-order valence-electron chi connectivity index (χ1n) is 5.69. The van der Waals surface area contributed by atoms with Gasteiger partial charge in [0.1, 0.15) is 0 Å². The molecule has 1 aromatic carbocycles. The fourth-order valence-corrected chi connectivity index (χ4v) is 2.61. The van der Waals surface area contributed by atoms with E-state index < -0.39 is 0 Å². The highest BCUT2D eigenvalue weighted by molar-refractivity contribution is 7.98. The van der Waals surface area contributed by atoms with E-state index in [4.69, 9.17) is 10.9 Å². The average Bonchev–Trinajstić information content (AvgIpc) is 2.29. The molecule has 0 heterocycles. The molecular formula is C13H20N2OS. The van der Waals surface area contributed by atoms with Gasteiger partial charge in [0.25, 0.3) is 0 Å². The minimum atomic E-state index is 0.162. The monoisotopic (exact) mass is 252 g/mol. The first-order chi connectivity index (χ1) is 8.04. The number of amidine groups is 1. The van der Waals surface area contributed by atoms with Gasteiger partial charge in [-0.25, -0.2) is 0 Å². The van der Waals surface area contributed by atoms with Gasteiger partial charge < -0.3 is 10.9 Å². The highest BCUT2D eigenvalue weighted by Crippen LogP contribution is 2.19. The topological polar surface area (TPSA) is 58.6 Å². The van der Waals surface area contributed by atoms with Crippen molar-refractivity contribution in [2.24, 2.45) is 16.8 Å². The van der Waals surface area contributed by atoms with Crippen LogP contribution >= 0.6 is 11.8 Å². The molecule has 0 bridgehead atoms. The molecule has 0 fully saturated rings. The number of benzene rings is 1. The molecule has 0 unspecified atom stereocenters. The quantitative estimate of drug-likeness (QED) is 0.366. The fraction of sp³-hybridized carbons (Fsp3) is 0.462. The molecule has 0 atom stereocenters. The second-order valence-electron chi connectivity index (χ2n) is 4.54. The van der Waals surface area contributed by atoms with Crippen LogP contribution in [0.15, 0.2) is 23.4 Å². The summed E-state index contributed by atoms with van der Waals surface area (Å²) in [5.74, 6) is 3.06. The summed E-state index contributed by atoms with van der Waals surface area (Å²) in [7, 11) is 0. The third-order valence-corrected chi connectivity index (χ3v) is 3.87. The van der Waals surface area contributed by atoms with Gasteiger partial charge in [0.15, 0.2) is 5.84 Å². The van der Waals surface area contributed by atoms with Gasteiger partial charge in [-0.3, -0.25) is 0 Å². The summed E-state index contributed by atoms with van der Waals surface area (Å²) in [6.45, 7) is 6.50. The standard InChI is InChI=1S/C13H20N2OS/c1-9(2)7-17-8-12-5-4-11(6-10(12)3)13(14)15-16/h4-6,9,16H,7-8H2,1-3H3,(H2,14,15). The summed E-state index contributed by atoms with van der Waals surface area (Å²) in [6.07, 6.45) is 0. The van der Waals surface area contributed by atoms with Crippen LogP contribution in [0.4, 0.5) is 0 Å². The molecule has 0 saturated heterocycles. The van der Waals surface area contributed by atoms with Crippen LogP contribution in [0, 0.1) is 12.8 Å². The number of aryl methyl sites for hydroxylation is 1. The van der Waals surface area contributed by atoms with Gasteiger partial charge in [-0.1, -0.05) is 31.1 Å². The number of hydrogen-bond donors (Lipinski definition) is 2. The Hall–Kier alpha value is -1.16. The molecule has 1 aromatic rings. The van der Waals surface area contributed by atoms with Gasteiger partial charge in [0.05, 0.1) is 0 Å². The van der Waals surface area contributed by atoms with Gasteiger partial charge in [0, 0.05) is 11.3 Å². The van der Waals surface area contributed by atoms with Crippen LogP contribution in [-0.4, -0.2) is 16.8 Å². The van der Waals surface area contributed by atoms with E-state index in [0.29, 0.717) is 0 Å². The Bertz CT molecular complexity index is 402. The number of hydrogen-bond acceptors (Lipinski definition) is 3. The molecule has 4 heteroatoms. The first kappa shape index (κ1) is 13.9. The van der Waals surface area contributed by atoms with E-state index in [-0.39, 0.29) is 5.84 Å². The maximum absolute atomic E-state index is 8.61. The van der Waals surface area contributed by atoms with Crippen LogP contribution in [-0.2, 0) is 5.75 Å². The van der Waals surface area contributed by atoms with E-state index in [0.717, 1.165) is 17.2 Å². The molecule has 3 N–H and O–H groups in total. The van der Waals surface area contributed by atoms with E-state index in [1.165, 1.54) is 16.9 Å². The zero-order chi connectivity index (χ0) is 12.8. The molecule has 0 aliphatic rings. The van der Waals surface area contributed by atoms with Crippen LogP contribution < -0.4 is 5.73 Å². The molecule has 0 spiro atoms. The zero-order valence-electron chi connectivity index (χ0n) is 10.6. The minimum absolute atomic E-state index is 0.162. The van der Waals surface area contributed by atoms with Crippen molar-refractivity contribution >= 4 is 17.6 Å². The van der Waals surface area contributed by atoms with Crippen LogP contribution in [0.1, 0.15) is 30.5 Å². The lowest BCUT2D eigenvalue weighted by Gasteiger charge is -2.09. The van der Waals surface area contributed by atoms with Gasteiger partial charge >= 0.3 is 0 Å². The van der Waals surface area contributed by atoms with Crippen LogP contribution in [0.2, 0.25) is 0 Å². The summed E-state index contributed by atoms with van der Waals surface area (Å²) in [6, 6.07) is 5.91. The highest BCUT2D eigenvalue weighted by Gasteiger charge is 2.04. The average molecular weight is 252 g/mol. The second kappa shape index (κ2) is 6.55. The van der Waals surface area contributed by atoms with Crippen molar-refractivity contribution < 1.29 is 5.21 Å². The van der Waals surface area contributed by atoms with Gasteiger partial charge in [-0.15, -0.1) is 0 Å². The predicted molar refractivity (Wildman–Crippen MR) is 74.7 cm³/mol. The summed E-state index contributed by atoms with van der Waals surface area (Å²) < 4.78 is 0. The van der Waals surface area contributed by atoms with Crippen molar-refractivity contribution in [2.75, 3.05) is 5.75 Å². The van der Waals surface area contributed by atoms with Gasteiger partial charge in [0.2, 0.25) is 0 Å². The molecule has 1 rings (SSSR count). The fourth-order valence-electron chi connectivity index (χ4n) is 1.48. The normalized spacial score (nSPS) is 12.1. The zero-order valence-corrected chi connectivity index (χ0v) is 11.4. The maximum Gasteiger partial charge on any atom is 0.170 e. The van der Waals surface area contributed by atoms with Crippen LogP contribution in [0.3, 0.4) is 0 Å². The largest absolute Gasteiger partial charge is 0.409 e. The number of thioether (sulfide) groups is 1. The Labute approximate surface area is 107 Å². The summed E-state index contributed by atoms with van der Waals surface area (Å²) in [4.78, 5) is 0. The predicted octanol–water partition coefficient (Wildman–Crippen LogP) is 2.98. The molecule has 0 aromatic heterocycles. The summed E-state index contributed by atoms with van der Waals surface area (Å²) in [5, 5.41) is 11.6. The second-order valence-corrected chi connectivity index (χ2v) is 5.57. The molecule has 0 amide bonds. The lowest BCUT2D eigenvalue weighted by atomic mass is 10.1. The van der Waals surface area contributed by atoms with Crippen molar-refractivity contribution in [1.82, 2.24) is 0 Å². The van der Waals surface area contributed by atoms with Crippen molar-refractivity contribution in [3.8, 4) is 0 Å². The lowest BCUT2D eigenvalue weighted by molar-refractivity contribution is 0.318. The maximum atomic E-state index is 8.61. The molecule has 17 heavy (non-hydrogen) atoms. The Balaban J connectivity index is 2.70. The third-order valence-electron chi connectivity index (χ3n) is 2.45. The SMILES string of the molecule is Cc1cc(/C(N)=N/O)ccc1CSCC(C)C. The van der Waals surface area contributed by atoms with E-state index in [1.54, 1.807) is 0 Å². The molecule has 0 aliphatic carbocycles. The molecule has 94 valence electrons. The Morgan fingerprint density at radius 2 is 2.18 bits per heavy atom. The number of nitrogens with zero attached hydrogens (tertiary/aromatic N) is 1. The third kappa shape index (κ3) is 4.30. The van der Waals surface area contributed by atoms with E-state index >= 15 is 0 Å². The van der Waals surface area contributed by atoms with Crippen molar-refractivity contribution in [3.63, 3.8) is 0 Å². The van der Waals surface area contributed by atoms with Gasteiger partial charge in [-0.05, 0) is 35.8 Å². The van der Waals surface area contributed by atoms with Crippen molar-refractivity contribution in [2.45, 2.75) is 26.5 Å². The Kier molecular flexibility index (Phi) is 5.35. The smallest absolute Gasteiger partial charge is 0.170 e. The summed E-state index contributed by atoms with van der Waals surface area (Å²) >= 11 is 1.94. The first-order valence-corrected chi connectivity index (χ1v) is 6.85. The highest BCUT2D eigenvalue weighted by atomic mass is 32.2. The van der Waals surface area contributed by atoms with E-state index in [2.05, 4.69) is 32.0 Å². The number of rotatable bonds is 5. The Morgan fingerprint density at radius 1 is 1.47 bits per heavy atom. The molecule has 0 saturated carbocycles. The van der Waals surface area contributed by atoms with Crippen molar-refractivity contribution in [1.29, 1.82) is 0 Å². The summed E-state index contributed by atoms with van der Waals surface area (Å²) in [5.41, 5.74) is 8.81. The van der Waals surface area contributed by atoms with Crippen molar-refractivity contribution in [3.05, 3.63) is 34.9 Å². The van der Waals surface area contributed by atoms with Crippen LogP contribution in [0.5, 0.6) is 0 Å². The van der Waals surface area contributed by atoms with E-state index in [1.807, 2.05) is 23.9 Å². The number of oxime groups is 1. The lowest BCUT2D eigenvalue weighted by Crippen LogP contribution is -2.13. The van der Waals surface area contributed by atoms with Gasteiger partial charge in [-0.2, -0.15) is 11.8 Å². The van der Waals surface area contributed by atoms with E-state index in [9.17, 15) is 0 Å². The molecule has 0 aliphatic heterocycles. The number of nitrogens with two attached hydrogens (primary N) is 1. The van der Waals surface area contributed by atoms with Crippen LogP contribution in [0.25, 0.3) is 0 Å². The molecule has 0 radical (unpaired) electrons. The minimum Gasteiger partial charge on any atom is -0.409 e. The molecule has 3 nitrogen and oxygen atoms in total. The Morgan fingerprint density at radius 3 is 2.71 bits per heavy atom. The molecular weight excluding hydrogens is 232 g/mol.